The maximum Gasteiger partial charge on any atom is 1.00 e. The molecule has 2 aromatic rings. The van der Waals surface area contributed by atoms with Gasteiger partial charge in [0.1, 0.15) is 11.4 Å². The fraction of sp³-hybridized carbons (Fsp3) is 0.483. The van der Waals surface area contributed by atoms with E-state index in [0.29, 0.717) is 31.6 Å². The number of hydrogen-bond acceptors (Lipinski definition) is 7. The number of rotatable bonds is 12. The Kier molecular flexibility index (Phi) is 23.5. The molecule has 240 valence electrons. The van der Waals surface area contributed by atoms with Crippen LogP contribution in [0.2, 0.25) is 0 Å². The Morgan fingerprint density at radius 3 is 2.23 bits per heavy atom. The molecule has 0 unspecified atom stereocenters. The molecule has 1 fully saturated rings. The van der Waals surface area contributed by atoms with Crippen LogP contribution in [0.25, 0.3) is 0 Å². The van der Waals surface area contributed by atoms with E-state index in [9.17, 15) is 21.6 Å². The molecule has 0 aliphatic carbocycles. The summed E-state index contributed by atoms with van der Waals surface area (Å²) >= 11 is 0. The molecule has 1 saturated heterocycles. The molecule has 9 nitrogen and oxygen atoms in total. The van der Waals surface area contributed by atoms with Gasteiger partial charge in [-0.3, -0.25) is 0 Å². The molecular formula is C29H44F3Li2N7O2S-4. The number of halogens is 3. The van der Waals surface area contributed by atoms with Gasteiger partial charge in [-0.05, 0) is 13.5 Å². The third-order valence-corrected chi connectivity index (χ3v) is 8.09. The van der Waals surface area contributed by atoms with E-state index < -0.39 is 21.9 Å². The van der Waals surface area contributed by atoms with Crippen LogP contribution in [0.5, 0.6) is 0 Å². The summed E-state index contributed by atoms with van der Waals surface area (Å²) in [5.41, 5.74) is 0.635. The fourth-order valence-corrected chi connectivity index (χ4v) is 4.79. The Bertz CT molecular complexity index is 1160. The normalized spacial score (nSPS) is 14.3. The van der Waals surface area contributed by atoms with Gasteiger partial charge in [-0.25, -0.2) is 4.98 Å². The first-order chi connectivity index (χ1) is 19.8. The summed E-state index contributed by atoms with van der Waals surface area (Å²) in [4.78, 5) is 9.85. The van der Waals surface area contributed by atoms with E-state index in [0.717, 1.165) is 37.7 Å². The third-order valence-electron chi connectivity index (χ3n) is 6.10. The maximum absolute atomic E-state index is 13.4. The fourth-order valence-electron chi connectivity index (χ4n) is 3.41. The Balaban J connectivity index is 0. The Labute approximate surface area is 287 Å². The van der Waals surface area contributed by atoms with E-state index in [1.54, 1.807) is 18.2 Å². The van der Waals surface area contributed by atoms with E-state index >= 15 is 0 Å². The van der Waals surface area contributed by atoms with Crippen molar-refractivity contribution in [1.82, 2.24) is 23.5 Å². The van der Waals surface area contributed by atoms with E-state index in [-0.39, 0.29) is 62.6 Å². The zero-order valence-electron chi connectivity index (χ0n) is 26.9. The van der Waals surface area contributed by atoms with Gasteiger partial charge in [-0.2, -0.15) is 53.4 Å². The summed E-state index contributed by atoms with van der Waals surface area (Å²) in [6.07, 6.45) is 0.981. The summed E-state index contributed by atoms with van der Waals surface area (Å²) in [5, 5.41) is 5.64. The topological polar surface area (TPSA) is 93.7 Å². The summed E-state index contributed by atoms with van der Waals surface area (Å²) in [7, 11) is 0.00994. The molecule has 1 aromatic carbocycles. The van der Waals surface area contributed by atoms with Gasteiger partial charge < -0.3 is 62.5 Å². The van der Waals surface area contributed by atoms with Gasteiger partial charge >= 0.3 is 43.9 Å². The van der Waals surface area contributed by atoms with Gasteiger partial charge in [-0.15, -0.1) is 24.7 Å². The van der Waals surface area contributed by atoms with Crippen LogP contribution in [0.3, 0.4) is 0 Å². The molecule has 0 spiro atoms. The number of anilines is 3. The summed E-state index contributed by atoms with van der Waals surface area (Å²) in [6.45, 7) is 19.2. The van der Waals surface area contributed by atoms with Crippen molar-refractivity contribution in [2.75, 3.05) is 64.0 Å². The number of benzene rings is 1. The van der Waals surface area contributed by atoms with Crippen molar-refractivity contribution >= 4 is 27.7 Å². The van der Waals surface area contributed by atoms with Crippen LogP contribution >= 0.6 is 0 Å². The largest absolute Gasteiger partial charge is 1.00 e. The molecule has 0 bridgehead atoms. The molecule has 1 aromatic heterocycles. The van der Waals surface area contributed by atoms with Crippen LogP contribution < -0.4 is 48.4 Å². The van der Waals surface area contributed by atoms with Crippen molar-refractivity contribution in [3.05, 3.63) is 75.7 Å². The molecule has 0 saturated carbocycles. The van der Waals surface area contributed by atoms with Crippen molar-refractivity contribution < 1.29 is 59.3 Å². The van der Waals surface area contributed by atoms with E-state index in [1.165, 1.54) is 15.7 Å². The second-order valence-corrected chi connectivity index (χ2v) is 11.2. The molecule has 1 aliphatic heterocycles. The number of hydrogen-bond donors (Lipinski definition) is 2. The van der Waals surface area contributed by atoms with Crippen molar-refractivity contribution in [3.63, 3.8) is 0 Å². The number of likely N-dealkylation sites (N-methyl/N-ethyl adjacent to an activating group) is 1. The van der Waals surface area contributed by atoms with Crippen molar-refractivity contribution in [2.24, 2.45) is 0 Å². The minimum Gasteiger partial charge on any atom is -0.387 e. The summed E-state index contributed by atoms with van der Waals surface area (Å²) < 4.78 is 66.8. The molecule has 44 heavy (non-hydrogen) atoms. The van der Waals surface area contributed by atoms with Crippen molar-refractivity contribution in [2.45, 2.75) is 38.8 Å². The van der Waals surface area contributed by atoms with Crippen LogP contribution in [0.4, 0.5) is 30.6 Å². The van der Waals surface area contributed by atoms with E-state index in [4.69, 9.17) is 0 Å². The Hall–Kier alpha value is -1.29. The molecule has 2 N–H and O–H groups in total. The first-order valence-corrected chi connectivity index (χ1v) is 15.1. The number of alkyl halides is 3. The molecule has 0 radical (unpaired) electrons. The van der Waals surface area contributed by atoms with Gasteiger partial charge in [0.25, 0.3) is 10.2 Å². The second-order valence-electron chi connectivity index (χ2n) is 9.19. The number of aryl methyl sites for hydroxylation is 1. The molecule has 2 heterocycles. The average Bonchev–Trinajstić information content (AvgIpc) is 3.22. The average molecular weight is 626 g/mol. The number of nitrogens with one attached hydrogen (secondary N) is 2. The monoisotopic (exact) mass is 625 g/mol. The first-order valence-electron chi connectivity index (χ1n) is 13.7. The Morgan fingerprint density at radius 2 is 1.77 bits per heavy atom. The third kappa shape index (κ3) is 15.3. The van der Waals surface area contributed by atoms with E-state index in [1.807, 2.05) is 25.3 Å². The van der Waals surface area contributed by atoms with Crippen LogP contribution in [0, 0.1) is 40.2 Å². The molecular weight excluding hydrogens is 581 g/mol. The minimum atomic E-state index is -4.63. The molecule has 15 heteroatoms. The molecule has 0 atom stereocenters. The number of unbranched alkanes of at least 4 members (excludes halogenated alkanes) is 2. The van der Waals surface area contributed by atoms with Crippen LogP contribution in [-0.4, -0.2) is 85.3 Å². The SMILES string of the molecule is CCc1c[c-]ccc1Nc1ncc(C(F)(F)F)c(NCCCN2CCN(C)S2(=O)=O)n1.[CH2-]CN(C)C[CH2-].[CH2-]C[CH-]C[CH2-].[Li+].[Li+]. The van der Waals surface area contributed by atoms with Gasteiger partial charge in [-0.1, -0.05) is 19.0 Å². The predicted octanol–water partition coefficient (Wildman–Crippen LogP) is -0.871. The first kappa shape index (κ1) is 44.8. The zero-order chi connectivity index (χ0) is 31.8. The van der Waals surface area contributed by atoms with Crippen LogP contribution in [0.1, 0.15) is 37.3 Å². The predicted molar refractivity (Wildman–Crippen MR) is 164 cm³/mol. The molecule has 3 rings (SSSR count). The minimum absolute atomic E-state index is 0. The standard InChI is InChI=1S/C19H24F3N6O2S.C5H11N.C5H9.2Li/c1-3-14-7-4-5-8-16(14)25-18-24-13-15(19(20,21)22)17(26-18)23-9-6-10-28-12-11-27(2)31(28,29)30;1-4-6(3)5-2;1-3-5-4-2;;/h5,7-8,13H,3,6,9-12H2,1-2H3,(H2,23,24,25,26);1-2,4-5H2,3H3;5H,1-4H2;;/q-1;-2;-3;2*+1. The van der Waals surface area contributed by atoms with Crippen molar-refractivity contribution in [3.8, 4) is 0 Å². The quantitative estimate of drug-likeness (QED) is 0.180. The Morgan fingerprint density at radius 1 is 1.14 bits per heavy atom. The maximum atomic E-state index is 13.4. The number of aromatic nitrogens is 2. The van der Waals surface area contributed by atoms with Gasteiger partial charge in [0.2, 0.25) is 5.95 Å². The smallest absolute Gasteiger partial charge is 0.387 e. The van der Waals surface area contributed by atoms with Gasteiger partial charge in [0.15, 0.2) is 0 Å². The van der Waals surface area contributed by atoms with Crippen LogP contribution in [0.15, 0.2) is 24.4 Å². The molecule has 0 amide bonds. The van der Waals surface area contributed by atoms with Gasteiger partial charge in [0.05, 0.1) is 0 Å². The van der Waals surface area contributed by atoms with Crippen LogP contribution in [-0.2, 0) is 22.8 Å². The molecule has 1 aliphatic rings. The van der Waals surface area contributed by atoms with E-state index in [2.05, 4.69) is 54.4 Å². The summed E-state index contributed by atoms with van der Waals surface area (Å²) in [6, 6.07) is 8.18. The van der Waals surface area contributed by atoms with Gasteiger partial charge in [0, 0.05) is 39.4 Å². The summed E-state index contributed by atoms with van der Waals surface area (Å²) in [5.74, 6) is -0.327. The van der Waals surface area contributed by atoms with Crippen molar-refractivity contribution in [1.29, 1.82) is 0 Å². The number of nitrogens with zero attached hydrogens (tertiary/aromatic N) is 5. The zero-order valence-corrected chi connectivity index (χ0v) is 27.7. The second kappa shape index (κ2) is 23.1.